The van der Waals surface area contributed by atoms with Crippen molar-refractivity contribution in [3.8, 4) is 5.75 Å². The van der Waals surface area contributed by atoms with E-state index in [4.69, 9.17) is 4.74 Å². The molecule has 1 aromatic heterocycles. The molecule has 0 aliphatic carbocycles. The number of hydrogen-bond acceptors (Lipinski definition) is 3. The summed E-state index contributed by atoms with van der Waals surface area (Å²) < 4.78 is 5.49. The third-order valence-electron chi connectivity index (χ3n) is 6.00. The summed E-state index contributed by atoms with van der Waals surface area (Å²) in [6, 6.07) is 7.15. The van der Waals surface area contributed by atoms with Gasteiger partial charge < -0.3 is 19.9 Å². The molecule has 0 radical (unpaired) electrons. The highest BCUT2D eigenvalue weighted by Crippen LogP contribution is 2.36. The minimum Gasteiger partial charge on any atom is -0.497 e. The van der Waals surface area contributed by atoms with E-state index in [1.165, 1.54) is 54.4 Å². The number of aromatic amines is 1. The summed E-state index contributed by atoms with van der Waals surface area (Å²) in [5.74, 6) is 1.62. The van der Waals surface area contributed by atoms with Gasteiger partial charge in [0, 0.05) is 28.6 Å². The molecule has 4 rings (SSSR count). The van der Waals surface area contributed by atoms with E-state index in [1.807, 2.05) is 0 Å². The fraction of sp³-hybridized carbons (Fsp3) is 0.600. The minimum atomic E-state index is 0.659. The fourth-order valence-corrected chi connectivity index (χ4v) is 4.53. The number of likely N-dealkylation sites (N-methyl/N-ethyl adjacent to an activating group) is 1. The van der Waals surface area contributed by atoms with Gasteiger partial charge in [0.1, 0.15) is 5.75 Å². The molecule has 4 heteroatoms. The van der Waals surface area contributed by atoms with Crippen LogP contribution in [0.2, 0.25) is 0 Å². The highest BCUT2D eigenvalue weighted by Gasteiger charge is 2.27. The van der Waals surface area contributed by atoms with Crippen molar-refractivity contribution in [2.24, 2.45) is 0 Å². The number of rotatable bonds is 4. The predicted molar refractivity (Wildman–Crippen MR) is 99.1 cm³/mol. The van der Waals surface area contributed by atoms with Crippen molar-refractivity contribution in [2.75, 3.05) is 33.8 Å². The number of aromatic nitrogens is 1. The number of nitrogens with one attached hydrogen (secondary N) is 2. The van der Waals surface area contributed by atoms with Gasteiger partial charge in [-0.2, -0.15) is 0 Å². The Kier molecular flexibility index (Phi) is 4.51. The molecule has 2 aromatic rings. The zero-order valence-electron chi connectivity index (χ0n) is 14.9. The van der Waals surface area contributed by atoms with E-state index >= 15 is 0 Å². The second kappa shape index (κ2) is 6.77. The zero-order chi connectivity index (χ0) is 16.5. The quantitative estimate of drug-likeness (QED) is 0.905. The molecule has 2 N–H and O–H groups in total. The Balaban J connectivity index is 1.75. The van der Waals surface area contributed by atoms with Gasteiger partial charge in [-0.25, -0.2) is 0 Å². The summed E-state index contributed by atoms with van der Waals surface area (Å²) in [4.78, 5) is 6.31. The van der Waals surface area contributed by atoms with Crippen molar-refractivity contribution < 1.29 is 4.74 Å². The number of H-pyrrole nitrogens is 1. The van der Waals surface area contributed by atoms with E-state index in [0.29, 0.717) is 12.0 Å². The molecular weight excluding hydrogens is 298 g/mol. The van der Waals surface area contributed by atoms with Gasteiger partial charge in [0.05, 0.1) is 7.11 Å². The number of ether oxygens (including phenoxy) is 1. The lowest BCUT2D eigenvalue weighted by atomic mass is 9.89. The third-order valence-corrected chi connectivity index (χ3v) is 6.00. The standard InChI is InChI=1S/C20H29N3O/c1-23-11-3-4-15(23)12-18-17-13-16(24-2)5-6-19(17)22-20(18)14-7-9-21-10-8-14/h5-6,13-15,21-22H,3-4,7-12H2,1-2H3. The normalized spacial score (nSPS) is 23.2. The second-order valence-electron chi connectivity index (χ2n) is 7.43. The van der Waals surface area contributed by atoms with Gasteiger partial charge in [-0.15, -0.1) is 0 Å². The van der Waals surface area contributed by atoms with E-state index in [1.54, 1.807) is 7.11 Å². The van der Waals surface area contributed by atoms with Crippen LogP contribution in [0.3, 0.4) is 0 Å². The topological polar surface area (TPSA) is 40.3 Å². The average Bonchev–Trinajstić information content (AvgIpc) is 3.19. The molecule has 0 saturated carbocycles. The SMILES string of the molecule is COc1ccc2[nH]c(C3CCNCC3)c(CC3CCCN3C)c2c1. The summed E-state index contributed by atoms with van der Waals surface area (Å²) in [6.45, 7) is 3.50. The number of fused-ring (bicyclic) bond motifs is 1. The first-order valence-corrected chi connectivity index (χ1v) is 9.35. The Bertz CT molecular complexity index is 702. The smallest absolute Gasteiger partial charge is 0.119 e. The van der Waals surface area contributed by atoms with Crippen LogP contribution in [-0.4, -0.2) is 49.7 Å². The van der Waals surface area contributed by atoms with Gasteiger partial charge in [0.2, 0.25) is 0 Å². The molecule has 0 spiro atoms. The van der Waals surface area contributed by atoms with Crippen molar-refractivity contribution >= 4 is 10.9 Å². The van der Waals surface area contributed by atoms with Crippen LogP contribution >= 0.6 is 0 Å². The molecule has 0 bridgehead atoms. The molecule has 2 aliphatic heterocycles. The number of likely N-dealkylation sites (tertiary alicyclic amines) is 1. The van der Waals surface area contributed by atoms with Crippen LogP contribution in [0, 0.1) is 0 Å². The number of piperidine rings is 1. The van der Waals surface area contributed by atoms with E-state index in [-0.39, 0.29) is 0 Å². The van der Waals surface area contributed by atoms with Crippen LogP contribution in [-0.2, 0) is 6.42 Å². The van der Waals surface area contributed by atoms with Crippen molar-refractivity contribution in [1.29, 1.82) is 0 Å². The van der Waals surface area contributed by atoms with Crippen LogP contribution in [0.25, 0.3) is 10.9 Å². The maximum absolute atomic E-state index is 5.49. The summed E-state index contributed by atoms with van der Waals surface area (Å²) >= 11 is 0. The molecular formula is C20H29N3O. The lowest BCUT2D eigenvalue weighted by molar-refractivity contribution is 0.308. The molecule has 1 unspecified atom stereocenters. The third kappa shape index (κ3) is 2.93. The van der Waals surface area contributed by atoms with E-state index < -0.39 is 0 Å². The Morgan fingerprint density at radius 3 is 2.75 bits per heavy atom. The number of nitrogens with zero attached hydrogens (tertiary/aromatic N) is 1. The van der Waals surface area contributed by atoms with Crippen LogP contribution in [0.5, 0.6) is 5.75 Å². The first-order valence-electron chi connectivity index (χ1n) is 9.35. The van der Waals surface area contributed by atoms with Crippen molar-refractivity contribution in [3.63, 3.8) is 0 Å². The lowest BCUT2D eigenvalue weighted by Gasteiger charge is -2.25. The van der Waals surface area contributed by atoms with Crippen LogP contribution < -0.4 is 10.1 Å². The highest BCUT2D eigenvalue weighted by atomic mass is 16.5. The van der Waals surface area contributed by atoms with E-state index in [9.17, 15) is 0 Å². The predicted octanol–water partition coefficient (Wildman–Crippen LogP) is 3.28. The van der Waals surface area contributed by atoms with Gasteiger partial charge in [-0.1, -0.05) is 0 Å². The Labute approximate surface area is 144 Å². The second-order valence-corrected chi connectivity index (χ2v) is 7.43. The number of hydrogen-bond donors (Lipinski definition) is 2. The maximum atomic E-state index is 5.49. The molecule has 1 aromatic carbocycles. The van der Waals surface area contributed by atoms with Gasteiger partial charge in [0.15, 0.2) is 0 Å². The minimum absolute atomic E-state index is 0.659. The lowest BCUT2D eigenvalue weighted by Crippen LogP contribution is -2.29. The summed E-state index contributed by atoms with van der Waals surface area (Å²) in [5, 5.41) is 4.86. The van der Waals surface area contributed by atoms with Gasteiger partial charge >= 0.3 is 0 Å². The first-order chi connectivity index (χ1) is 11.8. The molecule has 1 atom stereocenters. The van der Waals surface area contributed by atoms with Gasteiger partial charge in [0.25, 0.3) is 0 Å². The molecule has 2 aliphatic rings. The number of methoxy groups -OCH3 is 1. The Hall–Kier alpha value is -1.52. The fourth-order valence-electron chi connectivity index (χ4n) is 4.53. The Morgan fingerprint density at radius 1 is 1.21 bits per heavy atom. The zero-order valence-corrected chi connectivity index (χ0v) is 14.9. The van der Waals surface area contributed by atoms with Gasteiger partial charge in [-0.05, 0) is 82.5 Å². The highest BCUT2D eigenvalue weighted by molar-refractivity contribution is 5.86. The molecule has 2 fully saturated rings. The largest absolute Gasteiger partial charge is 0.497 e. The number of benzene rings is 1. The van der Waals surface area contributed by atoms with Crippen LogP contribution in [0.1, 0.15) is 42.9 Å². The van der Waals surface area contributed by atoms with Crippen LogP contribution in [0.4, 0.5) is 0 Å². The molecule has 4 nitrogen and oxygen atoms in total. The van der Waals surface area contributed by atoms with E-state index in [2.05, 4.69) is 40.4 Å². The van der Waals surface area contributed by atoms with Gasteiger partial charge in [-0.3, -0.25) is 0 Å². The molecule has 24 heavy (non-hydrogen) atoms. The summed E-state index contributed by atoms with van der Waals surface area (Å²) in [5.41, 5.74) is 4.29. The molecule has 130 valence electrons. The van der Waals surface area contributed by atoms with Crippen molar-refractivity contribution in [1.82, 2.24) is 15.2 Å². The first kappa shape index (κ1) is 16.0. The summed E-state index contributed by atoms with van der Waals surface area (Å²) in [7, 11) is 4.03. The molecule has 0 amide bonds. The van der Waals surface area contributed by atoms with Crippen molar-refractivity contribution in [2.45, 2.75) is 44.1 Å². The Morgan fingerprint density at radius 2 is 2.04 bits per heavy atom. The van der Waals surface area contributed by atoms with Crippen molar-refractivity contribution in [3.05, 3.63) is 29.5 Å². The average molecular weight is 327 g/mol. The molecule has 2 saturated heterocycles. The molecule has 3 heterocycles. The van der Waals surface area contributed by atoms with Crippen LogP contribution in [0.15, 0.2) is 18.2 Å². The maximum Gasteiger partial charge on any atom is 0.119 e. The summed E-state index contributed by atoms with van der Waals surface area (Å²) in [6.07, 6.45) is 6.27. The van der Waals surface area contributed by atoms with E-state index in [0.717, 1.165) is 25.3 Å². The monoisotopic (exact) mass is 327 g/mol.